The van der Waals surface area contributed by atoms with E-state index in [1.807, 2.05) is 0 Å². The molecule has 1 aliphatic heterocycles. The Balaban J connectivity index is 1.85. The molecule has 0 unspecified atom stereocenters. The Hall–Kier alpha value is -2.37. The first kappa shape index (κ1) is 12.1. The minimum absolute atomic E-state index is 0.0885. The first-order chi connectivity index (χ1) is 8.63. The van der Waals surface area contributed by atoms with Gasteiger partial charge in [0.1, 0.15) is 0 Å². The molecular weight excluding hydrogens is 236 g/mol. The number of hydrogen-bond donors (Lipinski definition) is 1. The second-order valence-electron chi connectivity index (χ2n) is 3.94. The maximum atomic E-state index is 11.7. The fourth-order valence-corrected chi connectivity index (χ4v) is 1.67. The Morgan fingerprint density at radius 2 is 2.17 bits per heavy atom. The normalized spacial score (nSPS) is 14.8. The quantitative estimate of drug-likeness (QED) is 0.610. The van der Waals surface area contributed by atoms with Crippen LogP contribution < -0.4 is 5.32 Å². The number of furan rings is 1. The highest BCUT2D eigenvalue weighted by atomic mass is 16.4. The molecule has 1 N–H and O–H groups in total. The van der Waals surface area contributed by atoms with E-state index in [9.17, 15) is 14.4 Å². The van der Waals surface area contributed by atoms with Gasteiger partial charge in [-0.2, -0.15) is 0 Å². The molecule has 2 amide bonds. The van der Waals surface area contributed by atoms with E-state index in [4.69, 9.17) is 4.42 Å². The van der Waals surface area contributed by atoms with E-state index in [-0.39, 0.29) is 29.4 Å². The van der Waals surface area contributed by atoms with Crippen LogP contribution in [-0.2, 0) is 4.79 Å². The lowest BCUT2D eigenvalue weighted by Gasteiger charge is -2.38. The summed E-state index contributed by atoms with van der Waals surface area (Å²) in [7, 11) is 0. The molecule has 6 heteroatoms. The predicted octanol–water partition coefficient (Wildman–Crippen LogP) is 0.219. The van der Waals surface area contributed by atoms with Gasteiger partial charge in [0.15, 0.2) is 17.8 Å². The molecule has 94 valence electrons. The highest BCUT2D eigenvalue weighted by molar-refractivity contribution is 5.93. The summed E-state index contributed by atoms with van der Waals surface area (Å²) < 4.78 is 4.98. The molecule has 1 aliphatic rings. The van der Waals surface area contributed by atoms with Crippen molar-refractivity contribution in [3.63, 3.8) is 0 Å². The van der Waals surface area contributed by atoms with Crippen LogP contribution in [0.25, 0.3) is 0 Å². The minimum Gasteiger partial charge on any atom is -0.448 e. The van der Waals surface area contributed by atoms with Crippen LogP contribution in [0.3, 0.4) is 0 Å². The standard InChI is InChI=1S/C12H12N2O4/c1-2-11(16)14-5-8(6-14)13-12(17)10-4-3-9(7-15)18-10/h2-4,7-8H,1,5-6H2,(H,13,17). The average Bonchev–Trinajstić information content (AvgIpc) is 2.80. The van der Waals surface area contributed by atoms with E-state index in [0.717, 1.165) is 0 Å². The van der Waals surface area contributed by atoms with Gasteiger partial charge in [-0.25, -0.2) is 0 Å². The monoisotopic (exact) mass is 248 g/mol. The van der Waals surface area contributed by atoms with Crippen LogP contribution in [0, 0.1) is 0 Å². The molecule has 0 aliphatic carbocycles. The summed E-state index contributed by atoms with van der Waals surface area (Å²) >= 11 is 0. The van der Waals surface area contributed by atoms with Gasteiger partial charge in [-0.3, -0.25) is 14.4 Å². The third-order valence-corrected chi connectivity index (χ3v) is 2.67. The Kier molecular flexibility index (Phi) is 3.27. The summed E-state index contributed by atoms with van der Waals surface area (Å²) in [6.45, 7) is 4.29. The molecule has 1 fully saturated rings. The van der Waals surface area contributed by atoms with Gasteiger partial charge in [-0.15, -0.1) is 0 Å². The van der Waals surface area contributed by atoms with Crippen molar-refractivity contribution in [3.05, 3.63) is 36.3 Å². The van der Waals surface area contributed by atoms with Crippen molar-refractivity contribution >= 4 is 18.1 Å². The SMILES string of the molecule is C=CC(=O)N1CC(NC(=O)c2ccc(C=O)o2)C1. The van der Waals surface area contributed by atoms with E-state index >= 15 is 0 Å². The molecular formula is C12H12N2O4. The maximum absolute atomic E-state index is 11.7. The van der Waals surface area contributed by atoms with E-state index in [1.54, 1.807) is 4.90 Å². The number of amides is 2. The van der Waals surface area contributed by atoms with Crippen molar-refractivity contribution in [1.29, 1.82) is 0 Å². The van der Waals surface area contributed by atoms with Crippen molar-refractivity contribution in [2.24, 2.45) is 0 Å². The Morgan fingerprint density at radius 3 is 2.72 bits per heavy atom. The molecule has 2 heterocycles. The highest BCUT2D eigenvalue weighted by Crippen LogP contribution is 2.11. The summed E-state index contributed by atoms with van der Waals surface area (Å²) in [4.78, 5) is 34.8. The van der Waals surface area contributed by atoms with Gasteiger partial charge in [0.25, 0.3) is 5.91 Å². The number of hydrogen-bond acceptors (Lipinski definition) is 4. The summed E-state index contributed by atoms with van der Waals surface area (Å²) in [5.74, 6) is -0.344. The molecule has 0 spiro atoms. The van der Waals surface area contributed by atoms with E-state index in [1.165, 1.54) is 18.2 Å². The smallest absolute Gasteiger partial charge is 0.287 e. The predicted molar refractivity (Wildman–Crippen MR) is 62.1 cm³/mol. The Labute approximate surface area is 103 Å². The van der Waals surface area contributed by atoms with E-state index in [0.29, 0.717) is 19.4 Å². The number of nitrogens with zero attached hydrogens (tertiary/aromatic N) is 1. The van der Waals surface area contributed by atoms with Crippen LogP contribution >= 0.6 is 0 Å². The Morgan fingerprint density at radius 1 is 1.44 bits per heavy atom. The summed E-state index contributed by atoms with van der Waals surface area (Å²) in [6.07, 6.45) is 1.77. The van der Waals surface area contributed by atoms with Gasteiger partial charge >= 0.3 is 0 Å². The average molecular weight is 248 g/mol. The van der Waals surface area contributed by atoms with Crippen LogP contribution in [0.5, 0.6) is 0 Å². The number of carbonyl (C=O) groups is 3. The zero-order valence-corrected chi connectivity index (χ0v) is 9.59. The largest absolute Gasteiger partial charge is 0.448 e. The third kappa shape index (κ3) is 2.32. The molecule has 6 nitrogen and oxygen atoms in total. The van der Waals surface area contributed by atoms with E-state index < -0.39 is 0 Å². The van der Waals surface area contributed by atoms with Gasteiger partial charge in [-0.1, -0.05) is 6.58 Å². The lowest BCUT2D eigenvalue weighted by Crippen LogP contribution is -2.60. The highest BCUT2D eigenvalue weighted by Gasteiger charge is 2.31. The summed E-state index contributed by atoms with van der Waals surface area (Å²) in [5, 5.41) is 2.70. The number of likely N-dealkylation sites (tertiary alicyclic amines) is 1. The van der Waals surface area contributed by atoms with Gasteiger partial charge in [-0.05, 0) is 18.2 Å². The summed E-state index contributed by atoms with van der Waals surface area (Å²) in [5.41, 5.74) is 0. The van der Waals surface area contributed by atoms with Crippen molar-refractivity contribution in [1.82, 2.24) is 10.2 Å². The zero-order chi connectivity index (χ0) is 13.1. The fraction of sp³-hybridized carbons (Fsp3) is 0.250. The molecule has 0 aromatic carbocycles. The Bertz CT molecular complexity index is 500. The van der Waals surface area contributed by atoms with Crippen LogP contribution in [0.4, 0.5) is 0 Å². The van der Waals surface area contributed by atoms with Crippen LogP contribution in [0.1, 0.15) is 21.1 Å². The third-order valence-electron chi connectivity index (χ3n) is 2.67. The first-order valence-electron chi connectivity index (χ1n) is 5.41. The van der Waals surface area contributed by atoms with Gasteiger partial charge in [0, 0.05) is 13.1 Å². The van der Waals surface area contributed by atoms with Gasteiger partial charge in [0.05, 0.1) is 6.04 Å². The van der Waals surface area contributed by atoms with Crippen LogP contribution in [-0.4, -0.2) is 42.1 Å². The zero-order valence-electron chi connectivity index (χ0n) is 9.59. The second kappa shape index (κ2) is 4.87. The molecule has 0 radical (unpaired) electrons. The second-order valence-corrected chi connectivity index (χ2v) is 3.94. The topological polar surface area (TPSA) is 79.6 Å². The summed E-state index contributed by atoms with van der Waals surface area (Å²) in [6, 6.07) is 2.77. The molecule has 0 saturated carbocycles. The molecule has 0 atom stereocenters. The maximum Gasteiger partial charge on any atom is 0.287 e. The molecule has 0 bridgehead atoms. The number of nitrogens with one attached hydrogen (secondary N) is 1. The van der Waals surface area contributed by atoms with Gasteiger partial charge < -0.3 is 14.6 Å². The lowest BCUT2D eigenvalue weighted by atomic mass is 10.1. The van der Waals surface area contributed by atoms with Crippen molar-refractivity contribution in [3.8, 4) is 0 Å². The fourth-order valence-electron chi connectivity index (χ4n) is 1.67. The molecule has 2 rings (SSSR count). The minimum atomic E-state index is -0.390. The number of carbonyl (C=O) groups excluding carboxylic acids is 3. The van der Waals surface area contributed by atoms with Crippen molar-refractivity contribution in [2.45, 2.75) is 6.04 Å². The number of aldehydes is 1. The van der Waals surface area contributed by atoms with E-state index in [2.05, 4.69) is 11.9 Å². The van der Waals surface area contributed by atoms with Crippen molar-refractivity contribution < 1.29 is 18.8 Å². The first-order valence-corrected chi connectivity index (χ1v) is 5.41. The molecule has 1 aromatic rings. The molecule has 1 saturated heterocycles. The molecule has 18 heavy (non-hydrogen) atoms. The van der Waals surface area contributed by atoms with Gasteiger partial charge in [0.2, 0.25) is 5.91 Å². The van der Waals surface area contributed by atoms with Crippen molar-refractivity contribution in [2.75, 3.05) is 13.1 Å². The van der Waals surface area contributed by atoms with Crippen LogP contribution in [0.2, 0.25) is 0 Å². The molecule has 1 aromatic heterocycles. The number of rotatable bonds is 4. The van der Waals surface area contributed by atoms with Crippen LogP contribution in [0.15, 0.2) is 29.2 Å². The lowest BCUT2D eigenvalue weighted by molar-refractivity contribution is -0.130.